The van der Waals surface area contributed by atoms with Gasteiger partial charge in [0.05, 0.1) is 0 Å². The molecule has 5 nitrogen and oxygen atoms in total. The van der Waals surface area contributed by atoms with Crippen LogP contribution >= 0.6 is 11.8 Å². The van der Waals surface area contributed by atoms with Gasteiger partial charge in [0.15, 0.2) is 0 Å². The SMILES string of the molecule is CSCCC(C(=O)O)N(C)C(=O)OCc1ccccc1. The van der Waals surface area contributed by atoms with Crippen molar-refractivity contribution in [2.24, 2.45) is 0 Å². The zero-order valence-corrected chi connectivity index (χ0v) is 12.4. The number of carbonyl (C=O) groups excluding carboxylic acids is 1. The van der Waals surface area contributed by atoms with Gasteiger partial charge in [-0.05, 0) is 24.0 Å². The second-order valence-electron chi connectivity index (χ2n) is 4.29. The third-order valence-corrected chi connectivity index (χ3v) is 3.49. The second kappa shape index (κ2) is 8.47. The number of thioether (sulfide) groups is 1. The minimum absolute atomic E-state index is 0.138. The van der Waals surface area contributed by atoms with Crippen molar-refractivity contribution in [3.8, 4) is 0 Å². The van der Waals surface area contributed by atoms with Crippen LogP contribution in [-0.2, 0) is 16.1 Å². The number of rotatable bonds is 7. The summed E-state index contributed by atoms with van der Waals surface area (Å²) in [4.78, 5) is 24.2. The molecule has 1 rings (SSSR count). The maximum Gasteiger partial charge on any atom is 0.410 e. The van der Waals surface area contributed by atoms with E-state index < -0.39 is 18.1 Å². The highest BCUT2D eigenvalue weighted by molar-refractivity contribution is 7.98. The minimum Gasteiger partial charge on any atom is -0.480 e. The molecule has 0 bridgehead atoms. The summed E-state index contributed by atoms with van der Waals surface area (Å²) in [6.07, 6.45) is 1.67. The lowest BCUT2D eigenvalue weighted by atomic mass is 10.2. The normalized spacial score (nSPS) is 11.7. The van der Waals surface area contributed by atoms with Crippen molar-refractivity contribution in [3.05, 3.63) is 35.9 Å². The van der Waals surface area contributed by atoms with E-state index in [1.54, 1.807) is 11.8 Å². The number of carbonyl (C=O) groups is 2. The van der Waals surface area contributed by atoms with Gasteiger partial charge >= 0.3 is 12.1 Å². The lowest BCUT2D eigenvalue weighted by Crippen LogP contribution is -2.43. The number of benzene rings is 1. The number of amides is 1. The molecule has 1 aromatic rings. The van der Waals surface area contributed by atoms with Crippen LogP contribution in [0.25, 0.3) is 0 Å². The van der Waals surface area contributed by atoms with Crippen molar-refractivity contribution in [1.29, 1.82) is 0 Å². The highest BCUT2D eigenvalue weighted by Gasteiger charge is 2.27. The van der Waals surface area contributed by atoms with Crippen LogP contribution in [0.4, 0.5) is 4.79 Å². The molecule has 0 aliphatic rings. The summed E-state index contributed by atoms with van der Waals surface area (Å²) < 4.78 is 5.12. The van der Waals surface area contributed by atoms with Gasteiger partial charge in [0.2, 0.25) is 0 Å². The topological polar surface area (TPSA) is 66.8 Å². The Morgan fingerprint density at radius 3 is 2.55 bits per heavy atom. The van der Waals surface area contributed by atoms with Gasteiger partial charge in [0.1, 0.15) is 12.6 Å². The fraction of sp³-hybridized carbons (Fsp3) is 0.429. The third kappa shape index (κ3) is 5.13. The first-order valence-electron chi connectivity index (χ1n) is 6.21. The van der Waals surface area contributed by atoms with Gasteiger partial charge in [0.25, 0.3) is 0 Å². The Morgan fingerprint density at radius 1 is 1.35 bits per heavy atom. The lowest BCUT2D eigenvalue weighted by Gasteiger charge is -2.24. The van der Waals surface area contributed by atoms with Crippen LogP contribution in [0.5, 0.6) is 0 Å². The first-order valence-corrected chi connectivity index (χ1v) is 7.61. The van der Waals surface area contributed by atoms with E-state index in [1.165, 1.54) is 7.05 Å². The maximum absolute atomic E-state index is 11.9. The molecule has 6 heteroatoms. The average molecular weight is 297 g/mol. The summed E-state index contributed by atoms with van der Waals surface area (Å²) in [5.41, 5.74) is 0.866. The van der Waals surface area contributed by atoms with E-state index in [-0.39, 0.29) is 6.61 Å². The van der Waals surface area contributed by atoms with Crippen molar-refractivity contribution in [1.82, 2.24) is 4.90 Å². The largest absolute Gasteiger partial charge is 0.480 e. The van der Waals surface area contributed by atoms with Gasteiger partial charge in [-0.1, -0.05) is 30.3 Å². The molecule has 1 atom stereocenters. The highest BCUT2D eigenvalue weighted by atomic mass is 32.2. The van der Waals surface area contributed by atoms with Crippen molar-refractivity contribution in [3.63, 3.8) is 0 Å². The zero-order valence-electron chi connectivity index (χ0n) is 11.6. The Morgan fingerprint density at radius 2 is 2.00 bits per heavy atom. The molecular weight excluding hydrogens is 278 g/mol. The van der Waals surface area contributed by atoms with E-state index in [4.69, 9.17) is 9.84 Å². The summed E-state index contributed by atoms with van der Waals surface area (Å²) in [6, 6.07) is 8.41. The number of nitrogens with zero attached hydrogens (tertiary/aromatic N) is 1. The number of aliphatic carboxylic acids is 1. The van der Waals surface area contributed by atoms with Gasteiger partial charge in [-0.15, -0.1) is 0 Å². The van der Waals surface area contributed by atoms with E-state index >= 15 is 0 Å². The van der Waals surface area contributed by atoms with Gasteiger partial charge in [0, 0.05) is 7.05 Å². The van der Waals surface area contributed by atoms with Crippen molar-refractivity contribution < 1.29 is 19.4 Å². The van der Waals surface area contributed by atoms with Gasteiger partial charge < -0.3 is 9.84 Å². The van der Waals surface area contributed by atoms with E-state index in [2.05, 4.69) is 0 Å². The first kappa shape index (κ1) is 16.4. The standard InChI is InChI=1S/C14H19NO4S/c1-15(12(13(16)17)8-9-20-2)14(18)19-10-11-6-4-3-5-7-11/h3-7,12H,8-10H2,1-2H3,(H,16,17). The smallest absolute Gasteiger partial charge is 0.410 e. The van der Waals surface area contributed by atoms with E-state index in [1.807, 2.05) is 36.6 Å². The van der Waals surface area contributed by atoms with Gasteiger partial charge in [-0.3, -0.25) is 4.90 Å². The Labute approximate surface area is 122 Å². The Bertz CT molecular complexity index is 438. The first-order chi connectivity index (χ1) is 9.56. The molecule has 0 radical (unpaired) electrons. The number of ether oxygens (including phenoxy) is 1. The summed E-state index contributed by atoms with van der Waals surface area (Å²) in [7, 11) is 1.45. The monoisotopic (exact) mass is 297 g/mol. The van der Waals surface area contributed by atoms with Crippen molar-refractivity contribution in [2.45, 2.75) is 19.1 Å². The van der Waals surface area contributed by atoms with Gasteiger partial charge in [-0.2, -0.15) is 11.8 Å². The number of hydrogen-bond acceptors (Lipinski definition) is 4. The van der Waals surface area contributed by atoms with Crippen LogP contribution in [0.1, 0.15) is 12.0 Å². The molecule has 0 aliphatic carbocycles. The van der Waals surface area contributed by atoms with E-state index in [0.29, 0.717) is 12.2 Å². The number of hydrogen-bond donors (Lipinski definition) is 1. The molecule has 0 spiro atoms. The van der Waals surface area contributed by atoms with Crippen LogP contribution in [-0.4, -0.2) is 47.2 Å². The van der Waals surface area contributed by atoms with Crippen molar-refractivity contribution >= 4 is 23.8 Å². The molecule has 0 aliphatic heterocycles. The Balaban J connectivity index is 2.53. The number of likely N-dealkylation sites (N-methyl/N-ethyl adjacent to an activating group) is 1. The maximum atomic E-state index is 11.9. The van der Waals surface area contributed by atoms with E-state index in [0.717, 1.165) is 10.5 Å². The fourth-order valence-corrected chi connectivity index (χ4v) is 2.12. The van der Waals surface area contributed by atoms with Gasteiger partial charge in [-0.25, -0.2) is 9.59 Å². The average Bonchev–Trinajstić information content (AvgIpc) is 2.45. The predicted octanol–water partition coefficient (Wildman–Crippen LogP) is 2.46. The second-order valence-corrected chi connectivity index (χ2v) is 5.27. The molecule has 1 unspecified atom stereocenters. The summed E-state index contributed by atoms with van der Waals surface area (Å²) in [5.74, 6) is -0.342. The quantitative estimate of drug-likeness (QED) is 0.837. The molecule has 1 aromatic carbocycles. The Hall–Kier alpha value is -1.69. The molecule has 20 heavy (non-hydrogen) atoms. The van der Waals surface area contributed by atoms with Crippen LogP contribution in [0.2, 0.25) is 0 Å². The van der Waals surface area contributed by atoms with Crippen LogP contribution in [0.3, 0.4) is 0 Å². The summed E-state index contributed by atoms with van der Waals surface area (Å²) in [6.45, 7) is 0.138. The predicted molar refractivity (Wildman–Crippen MR) is 78.8 cm³/mol. The lowest BCUT2D eigenvalue weighted by molar-refractivity contribution is -0.142. The molecule has 0 heterocycles. The number of carboxylic acids is 1. The van der Waals surface area contributed by atoms with E-state index in [9.17, 15) is 9.59 Å². The minimum atomic E-state index is -1.02. The molecule has 0 saturated carbocycles. The van der Waals surface area contributed by atoms with Crippen LogP contribution in [0, 0.1) is 0 Å². The molecule has 110 valence electrons. The fourth-order valence-electron chi connectivity index (χ4n) is 1.66. The summed E-state index contributed by atoms with van der Waals surface area (Å²) in [5, 5.41) is 9.15. The Kier molecular flexibility index (Phi) is 6.93. The molecule has 1 amide bonds. The van der Waals surface area contributed by atoms with Crippen LogP contribution < -0.4 is 0 Å². The highest BCUT2D eigenvalue weighted by Crippen LogP contribution is 2.10. The third-order valence-electron chi connectivity index (χ3n) is 2.84. The molecule has 1 N–H and O–H groups in total. The van der Waals surface area contributed by atoms with Crippen molar-refractivity contribution in [2.75, 3.05) is 19.1 Å². The summed E-state index contributed by atoms with van der Waals surface area (Å²) >= 11 is 1.54. The number of carboxylic acid groups (broad SMARTS) is 1. The molecule has 0 saturated heterocycles. The van der Waals surface area contributed by atoms with Crippen LogP contribution in [0.15, 0.2) is 30.3 Å². The molecule has 0 aromatic heterocycles. The zero-order chi connectivity index (χ0) is 15.0. The molecular formula is C14H19NO4S. The molecule has 0 fully saturated rings.